The molecule has 0 fully saturated rings. The van der Waals surface area contributed by atoms with Crippen molar-refractivity contribution in [3.63, 3.8) is 0 Å². The number of benzene rings is 2. The molecule has 0 spiro atoms. The van der Waals surface area contributed by atoms with Gasteiger partial charge in [0.25, 0.3) is 5.89 Å². The molecule has 2 N–H and O–H groups in total. The van der Waals surface area contributed by atoms with Crippen LogP contribution in [0.5, 0.6) is 0 Å². The summed E-state index contributed by atoms with van der Waals surface area (Å²) in [5.41, 5.74) is 6.24. The number of nitrogens with zero attached hydrogens (tertiary/aromatic N) is 2. The molecule has 6 heteroatoms. The van der Waals surface area contributed by atoms with Crippen molar-refractivity contribution in [3.05, 3.63) is 65.5 Å². The number of nitrogen functional groups attached to an aromatic ring is 1. The summed E-state index contributed by atoms with van der Waals surface area (Å²) in [6, 6.07) is 11.4. The van der Waals surface area contributed by atoms with Crippen molar-refractivity contribution in [3.8, 4) is 11.5 Å². The molecule has 0 bridgehead atoms. The Balaban J connectivity index is 1.90. The standard InChI is InChI=1S/C15H11F2N3O/c16-11-8-12(17)13(18)7-10(11)15-19-14(20-21-15)6-9-4-2-1-3-5-9/h1-5,7-8H,6,18H2. The Kier molecular flexibility index (Phi) is 3.35. The summed E-state index contributed by atoms with van der Waals surface area (Å²) in [5.74, 6) is -1.22. The molecule has 0 amide bonds. The number of hydrogen-bond donors (Lipinski definition) is 1. The molecule has 0 aliphatic rings. The number of anilines is 1. The number of aromatic nitrogens is 2. The van der Waals surface area contributed by atoms with Crippen LogP contribution in [0.1, 0.15) is 11.4 Å². The largest absolute Gasteiger partial charge is 0.396 e. The normalized spacial score (nSPS) is 10.8. The summed E-state index contributed by atoms with van der Waals surface area (Å²) in [7, 11) is 0. The highest BCUT2D eigenvalue weighted by atomic mass is 19.1. The highest BCUT2D eigenvalue weighted by Gasteiger charge is 2.16. The van der Waals surface area contributed by atoms with E-state index in [1.54, 1.807) is 0 Å². The topological polar surface area (TPSA) is 64.9 Å². The first-order valence-corrected chi connectivity index (χ1v) is 6.25. The monoisotopic (exact) mass is 287 g/mol. The van der Waals surface area contributed by atoms with Crippen LogP contribution in [0, 0.1) is 11.6 Å². The van der Waals surface area contributed by atoms with E-state index in [0.29, 0.717) is 18.3 Å². The van der Waals surface area contributed by atoms with Crippen LogP contribution in [-0.4, -0.2) is 10.1 Å². The van der Waals surface area contributed by atoms with Gasteiger partial charge in [-0.05, 0) is 11.6 Å². The molecule has 21 heavy (non-hydrogen) atoms. The molecular formula is C15H11F2N3O. The fraction of sp³-hybridized carbons (Fsp3) is 0.0667. The molecule has 0 aliphatic carbocycles. The van der Waals surface area contributed by atoms with Gasteiger partial charge in [0.05, 0.1) is 11.3 Å². The third-order valence-corrected chi connectivity index (χ3v) is 2.99. The average molecular weight is 287 g/mol. The van der Waals surface area contributed by atoms with Crippen LogP contribution < -0.4 is 5.73 Å². The lowest BCUT2D eigenvalue weighted by Crippen LogP contribution is -1.95. The lowest BCUT2D eigenvalue weighted by atomic mass is 10.1. The van der Waals surface area contributed by atoms with Crippen LogP contribution in [-0.2, 0) is 6.42 Å². The Hall–Kier alpha value is -2.76. The van der Waals surface area contributed by atoms with Gasteiger partial charge in [-0.1, -0.05) is 35.5 Å². The molecule has 0 radical (unpaired) electrons. The minimum atomic E-state index is -0.819. The Morgan fingerprint density at radius 2 is 1.81 bits per heavy atom. The molecule has 4 nitrogen and oxygen atoms in total. The van der Waals surface area contributed by atoms with E-state index < -0.39 is 11.6 Å². The first-order valence-electron chi connectivity index (χ1n) is 6.25. The summed E-state index contributed by atoms with van der Waals surface area (Å²) < 4.78 is 31.9. The molecule has 2 aromatic carbocycles. The summed E-state index contributed by atoms with van der Waals surface area (Å²) in [5, 5.41) is 3.79. The molecule has 0 aliphatic heterocycles. The zero-order valence-corrected chi connectivity index (χ0v) is 10.9. The molecule has 0 atom stereocenters. The van der Waals surface area contributed by atoms with Crippen LogP contribution in [0.2, 0.25) is 0 Å². The van der Waals surface area contributed by atoms with E-state index in [1.165, 1.54) is 0 Å². The summed E-state index contributed by atoms with van der Waals surface area (Å²) in [4.78, 5) is 4.11. The van der Waals surface area contributed by atoms with Gasteiger partial charge >= 0.3 is 0 Å². The minimum Gasteiger partial charge on any atom is -0.396 e. The second-order valence-corrected chi connectivity index (χ2v) is 4.53. The van der Waals surface area contributed by atoms with Crippen LogP contribution >= 0.6 is 0 Å². The van der Waals surface area contributed by atoms with Gasteiger partial charge in [0.2, 0.25) is 0 Å². The number of rotatable bonds is 3. The maximum absolute atomic E-state index is 13.7. The summed E-state index contributed by atoms with van der Waals surface area (Å²) in [6.07, 6.45) is 0.461. The fourth-order valence-electron chi connectivity index (χ4n) is 1.94. The summed E-state index contributed by atoms with van der Waals surface area (Å²) in [6.45, 7) is 0. The highest BCUT2D eigenvalue weighted by molar-refractivity contribution is 5.61. The molecule has 3 aromatic rings. The molecule has 0 saturated carbocycles. The van der Waals surface area contributed by atoms with Crippen molar-refractivity contribution < 1.29 is 13.3 Å². The van der Waals surface area contributed by atoms with Gasteiger partial charge in [-0.25, -0.2) is 8.78 Å². The van der Waals surface area contributed by atoms with Crippen LogP contribution in [0.25, 0.3) is 11.5 Å². The van der Waals surface area contributed by atoms with Crippen molar-refractivity contribution in [2.45, 2.75) is 6.42 Å². The van der Waals surface area contributed by atoms with Crippen molar-refractivity contribution in [2.75, 3.05) is 5.73 Å². The van der Waals surface area contributed by atoms with Crippen LogP contribution in [0.4, 0.5) is 14.5 Å². The third-order valence-electron chi connectivity index (χ3n) is 2.99. The lowest BCUT2D eigenvalue weighted by Gasteiger charge is -2.00. The maximum Gasteiger partial charge on any atom is 0.260 e. The Bertz CT molecular complexity index is 772. The van der Waals surface area contributed by atoms with E-state index >= 15 is 0 Å². The average Bonchev–Trinajstić information content (AvgIpc) is 2.92. The van der Waals surface area contributed by atoms with E-state index in [4.69, 9.17) is 10.3 Å². The highest BCUT2D eigenvalue weighted by Crippen LogP contribution is 2.25. The van der Waals surface area contributed by atoms with Crippen LogP contribution in [0.3, 0.4) is 0 Å². The van der Waals surface area contributed by atoms with E-state index in [2.05, 4.69) is 10.1 Å². The van der Waals surface area contributed by atoms with E-state index in [9.17, 15) is 8.78 Å². The van der Waals surface area contributed by atoms with Gasteiger partial charge in [-0.3, -0.25) is 0 Å². The van der Waals surface area contributed by atoms with Gasteiger partial charge in [0.1, 0.15) is 11.6 Å². The van der Waals surface area contributed by atoms with E-state index in [-0.39, 0.29) is 17.1 Å². The number of nitrogens with two attached hydrogens (primary N) is 1. The maximum atomic E-state index is 13.7. The zero-order valence-electron chi connectivity index (χ0n) is 10.9. The predicted molar refractivity (Wildman–Crippen MR) is 73.3 cm³/mol. The van der Waals surface area contributed by atoms with Gasteiger partial charge in [-0.15, -0.1) is 0 Å². The fourth-order valence-corrected chi connectivity index (χ4v) is 1.94. The van der Waals surface area contributed by atoms with Gasteiger partial charge < -0.3 is 10.3 Å². The smallest absolute Gasteiger partial charge is 0.260 e. The molecule has 1 aromatic heterocycles. The third kappa shape index (κ3) is 2.74. The van der Waals surface area contributed by atoms with Crippen molar-refractivity contribution in [1.29, 1.82) is 0 Å². The first-order chi connectivity index (χ1) is 10.1. The molecular weight excluding hydrogens is 276 g/mol. The Labute approximate surface area is 119 Å². The first kappa shape index (κ1) is 13.2. The number of hydrogen-bond acceptors (Lipinski definition) is 4. The predicted octanol–water partition coefficient (Wildman–Crippen LogP) is 3.19. The second-order valence-electron chi connectivity index (χ2n) is 4.53. The van der Waals surface area contributed by atoms with E-state index in [1.807, 2.05) is 30.3 Å². The number of halogens is 2. The van der Waals surface area contributed by atoms with E-state index in [0.717, 1.165) is 11.6 Å². The Morgan fingerprint density at radius 1 is 1.05 bits per heavy atom. The van der Waals surface area contributed by atoms with Crippen molar-refractivity contribution >= 4 is 5.69 Å². The second kappa shape index (κ2) is 5.32. The SMILES string of the molecule is Nc1cc(-c2nc(Cc3ccccc3)no2)c(F)cc1F. The minimum absolute atomic E-state index is 0.0132. The van der Waals surface area contributed by atoms with Gasteiger partial charge in [0, 0.05) is 12.5 Å². The molecule has 1 heterocycles. The Morgan fingerprint density at radius 3 is 2.57 bits per heavy atom. The van der Waals surface area contributed by atoms with Crippen LogP contribution in [0.15, 0.2) is 47.0 Å². The van der Waals surface area contributed by atoms with Crippen molar-refractivity contribution in [1.82, 2.24) is 10.1 Å². The molecule has 106 valence electrons. The molecule has 0 unspecified atom stereocenters. The quantitative estimate of drug-likeness (QED) is 0.751. The van der Waals surface area contributed by atoms with Gasteiger partial charge in [-0.2, -0.15) is 4.98 Å². The lowest BCUT2D eigenvalue weighted by molar-refractivity contribution is 0.421. The zero-order chi connectivity index (χ0) is 14.8. The summed E-state index contributed by atoms with van der Waals surface area (Å²) >= 11 is 0. The molecule has 0 saturated heterocycles. The van der Waals surface area contributed by atoms with Gasteiger partial charge in [0.15, 0.2) is 5.82 Å². The molecule has 3 rings (SSSR count). The van der Waals surface area contributed by atoms with Crippen molar-refractivity contribution in [2.24, 2.45) is 0 Å².